The maximum atomic E-state index is 12.6. The van der Waals surface area contributed by atoms with Crippen molar-refractivity contribution in [3.05, 3.63) is 51.7 Å². The lowest BCUT2D eigenvalue weighted by Gasteiger charge is -2.17. The number of aliphatic imine (C=N–C) groups is 1. The predicted molar refractivity (Wildman–Crippen MR) is 124 cm³/mol. The van der Waals surface area contributed by atoms with Crippen LogP contribution in [0.25, 0.3) is 0 Å². The van der Waals surface area contributed by atoms with E-state index < -0.39 is 0 Å². The van der Waals surface area contributed by atoms with Gasteiger partial charge in [0.1, 0.15) is 6.54 Å². The van der Waals surface area contributed by atoms with Gasteiger partial charge in [-0.3, -0.25) is 4.79 Å². The Morgan fingerprint density at radius 3 is 2.67 bits per heavy atom. The first-order chi connectivity index (χ1) is 12.7. The Hall–Kier alpha value is -1.61. The van der Waals surface area contributed by atoms with E-state index in [1.807, 2.05) is 41.4 Å². The molecule has 0 saturated carbocycles. The SMILES string of the molecule is CCNC(=NCC(=O)N1CCc2ccccc21)NCc1ccc(CC)s1.I. The molecule has 1 amide bonds. The lowest BCUT2D eigenvalue weighted by atomic mass is 10.2. The summed E-state index contributed by atoms with van der Waals surface area (Å²) in [5.41, 5.74) is 2.26. The van der Waals surface area contributed by atoms with E-state index >= 15 is 0 Å². The number of thiophene rings is 1. The lowest BCUT2D eigenvalue weighted by Crippen LogP contribution is -2.38. The number of carbonyl (C=O) groups is 1. The molecular weight excluding hydrogens is 471 g/mol. The van der Waals surface area contributed by atoms with Crippen molar-refractivity contribution in [3.8, 4) is 0 Å². The Morgan fingerprint density at radius 1 is 1.15 bits per heavy atom. The van der Waals surface area contributed by atoms with Gasteiger partial charge in [0.2, 0.25) is 5.91 Å². The molecule has 0 atom stereocenters. The molecule has 0 aliphatic carbocycles. The molecule has 0 saturated heterocycles. The molecule has 2 N–H and O–H groups in total. The molecule has 2 aromatic rings. The Kier molecular flexibility index (Phi) is 8.56. The summed E-state index contributed by atoms with van der Waals surface area (Å²) in [6.45, 7) is 6.56. The smallest absolute Gasteiger partial charge is 0.248 e. The Bertz CT molecular complexity index is 790. The van der Waals surface area contributed by atoms with Gasteiger partial charge in [-0.2, -0.15) is 0 Å². The van der Waals surface area contributed by atoms with Crippen LogP contribution in [-0.2, 0) is 24.2 Å². The second kappa shape index (κ2) is 10.7. The van der Waals surface area contributed by atoms with Crippen molar-refractivity contribution < 1.29 is 4.79 Å². The summed E-state index contributed by atoms with van der Waals surface area (Å²) < 4.78 is 0. The number of rotatable bonds is 6. The summed E-state index contributed by atoms with van der Waals surface area (Å²) in [5.74, 6) is 0.719. The molecule has 1 aliphatic heterocycles. The number of nitrogens with one attached hydrogen (secondary N) is 2. The Labute approximate surface area is 182 Å². The third-order valence-electron chi connectivity index (χ3n) is 4.40. The average Bonchev–Trinajstić information content (AvgIpc) is 3.30. The third-order valence-corrected chi connectivity index (χ3v) is 5.63. The fourth-order valence-corrected chi connectivity index (χ4v) is 3.95. The second-order valence-corrected chi connectivity index (χ2v) is 7.45. The number of hydrogen-bond donors (Lipinski definition) is 2. The predicted octanol–water partition coefficient (Wildman–Crippen LogP) is 3.57. The maximum Gasteiger partial charge on any atom is 0.248 e. The van der Waals surface area contributed by atoms with E-state index in [9.17, 15) is 4.79 Å². The molecule has 2 heterocycles. The van der Waals surface area contributed by atoms with Crippen molar-refractivity contribution in [2.24, 2.45) is 4.99 Å². The number of fused-ring (bicyclic) bond motifs is 1. The monoisotopic (exact) mass is 498 g/mol. The van der Waals surface area contributed by atoms with Gasteiger partial charge in [0.25, 0.3) is 0 Å². The van der Waals surface area contributed by atoms with E-state index in [-0.39, 0.29) is 36.4 Å². The molecule has 3 rings (SSSR count). The minimum atomic E-state index is 0. The van der Waals surface area contributed by atoms with Gasteiger partial charge in [-0.05, 0) is 43.5 Å². The zero-order chi connectivity index (χ0) is 18.4. The summed E-state index contributed by atoms with van der Waals surface area (Å²) in [6.07, 6.45) is 1.98. The fourth-order valence-electron chi connectivity index (χ4n) is 3.05. The first-order valence-corrected chi connectivity index (χ1v) is 10.0. The van der Waals surface area contributed by atoms with Crippen LogP contribution in [0, 0.1) is 0 Å². The number of nitrogens with zero attached hydrogens (tertiary/aromatic N) is 2. The van der Waals surface area contributed by atoms with Crippen LogP contribution < -0.4 is 15.5 Å². The first-order valence-electron chi connectivity index (χ1n) is 9.19. The van der Waals surface area contributed by atoms with E-state index in [1.54, 1.807) is 0 Å². The van der Waals surface area contributed by atoms with E-state index in [0.717, 1.165) is 38.2 Å². The molecule has 0 fully saturated rings. The van der Waals surface area contributed by atoms with Crippen molar-refractivity contribution in [1.82, 2.24) is 10.6 Å². The molecule has 146 valence electrons. The van der Waals surface area contributed by atoms with Crippen molar-refractivity contribution in [1.29, 1.82) is 0 Å². The van der Waals surface area contributed by atoms with E-state index in [4.69, 9.17) is 0 Å². The summed E-state index contributed by atoms with van der Waals surface area (Å²) in [6, 6.07) is 12.4. The van der Waals surface area contributed by atoms with Gasteiger partial charge in [0.15, 0.2) is 5.96 Å². The van der Waals surface area contributed by atoms with Gasteiger partial charge < -0.3 is 15.5 Å². The number of amides is 1. The van der Waals surface area contributed by atoms with Crippen LogP contribution >= 0.6 is 35.3 Å². The normalized spacial score (nSPS) is 13.1. The van der Waals surface area contributed by atoms with E-state index in [1.165, 1.54) is 15.3 Å². The highest BCUT2D eigenvalue weighted by molar-refractivity contribution is 14.0. The van der Waals surface area contributed by atoms with Crippen LogP contribution in [0.15, 0.2) is 41.4 Å². The number of para-hydroxylation sites is 1. The number of guanidine groups is 1. The topological polar surface area (TPSA) is 56.7 Å². The molecule has 1 aromatic carbocycles. The van der Waals surface area contributed by atoms with Gasteiger partial charge in [0.05, 0.1) is 6.54 Å². The van der Waals surface area contributed by atoms with Gasteiger partial charge >= 0.3 is 0 Å². The number of aryl methyl sites for hydroxylation is 1. The minimum absolute atomic E-state index is 0. The number of halogens is 1. The standard InChI is InChI=1S/C20H26N4OS.HI/c1-3-16-9-10-17(26-16)13-22-20(21-4-2)23-14-19(25)24-12-11-15-7-5-6-8-18(15)24;/h5-10H,3-4,11-14H2,1-2H3,(H2,21,22,23);1H. The number of carbonyl (C=O) groups excluding carboxylic acids is 1. The molecule has 0 radical (unpaired) electrons. The molecular formula is C20H27IN4OS. The molecule has 1 aromatic heterocycles. The first kappa shape index (κ1) is 21.7. The summed E-state index contributed by atoms with van der Waals surface area (Å²) in [7, 11) is 0. The maximum absolute atomic E-state index is 12.6. The molecule has 0 bridgehead atoms. The Balaban J connectivity index is 0.00000261. The molecule has 1 aliphatic rings. The highest BCUT2D eigenvalue weighted by Gasteiger charge is 2.23. The molecule has 0 spiro atoms. The fraction of sp³-hybridized carbons (Fsp3) is 0.400. The minimum Gasteiger partial charge on any atom is -0.357 e. The second-order valence-electron chi connectivity index (χ2n) is 6.19. The summed E-state index contributed by atoms with van der Waals surface area (Å²) in [4.78, 5) is 21.6. The van der Waals surface area contributed by atoms with Crippen LogP contribution in [0.3, 0.4) is 0 Å². The summed E-state index contributed by atoms with van der Waals surface area (Å²) in [5, 5.41) is 6.53. The van der Waals surface area contributed by atoms with Crippen molar-refractivity contribution in [3.63, 3.8) is 0 Å². The molecule has 7 heteroatoms. The van der Waals surface area contributed by atoms with Crippen molar-refractivity contribution in [2.45, 2.75) is 33.2 Å². The number of anilines is 1. The van der Waals surface area contributed by atoms with Crippen LogP contribution in [0.1, 0.15) is 29.2 Å². The van der Waals surface area contributed by atoms with Gasteiger partial charge in [0, 0.05) is 28.5 Å². The van der Waals surface area contributed by atoms with E-state index in [2.05, 4.69) is 40.7 Å². The van der Waals surface area contributed by atoms with Crippen LogP contribution in [0.2, 0.25) is 0 Å². The van der Waals surface area contributed by atoms with E-state index in [0.29, 0.717) is 5.96 Å². The molecule has 27 heavy (non-hydrogen) atoms. The van der Waals surface area contributed by atoms with Crippen LogP contribution in [0.5, 0.6) is 0 Å². The largest absolute Gasteiger partial charge is 0.357 e. The number of hydrogen-bond acceptors (Lipinski definition) is 3. The van der Waals surface area contributed by atoms with Gasteiger partial charge in [-0.25, -0.2) is 4.99 Å². The van der Waals surface area contributed by atoms with Crippen LogP contribution in [-0.4, -0.2) is 31.5 Å². The molecule has 5 nitrogen and oxygen atoms in total. The zero-order valence-corrected chi connectivity index (χ0v) is 19.0. The quantitative estimate of drug-likeness (QED) is 0.364. The lowest BCUT2D eigenvalue weighted by molar-refractivity contribution is -0.117. The Morgan fingerprint density at radius 2 is 1.93 bits per heavy atom. The van der Waals surface area contributed by atoms with Gasteiger partial charge in [-0.15, -0.1) is 35.3 Å². The van der Waals surface area contributed by atoms with Crippen molar-refractivity contribution in [2.75, 3.05) is 24.5 Å². The zero-order valence-electron chi connectivity index (χ0n) is 15.8. The molecule has 0 unspecified atom stereocenters. The number of benzene rings is 1. The van der Waals surface area contributed by atoms with Crippen molar-refractivity contribution >= 4 is 52.9 Å². The highest BCUT2D eigenvalue weighted by Crippen LogP contribution is 2.27. The van der Waals surface area contributed by atoms with Crippen LogP contribution in [0.4, 0.5) is 5.69 Å². The average molecular weight is 498 g/mol. The third kappa shape index (κ3) is 5.68. The highest BCUT2D eigenvalue weighted by atomic mass is 127. The van der Waals surface area contributed by atoms with Gasteiger partial charge in [-0.1, -0.05) is 25.1 Å². The summed E-state index contributed by atoms with van der Waals surface area (Å²) >= 11 is 1.81.